The first-order chi connectivity index (χ1) is 8.33. The van der Waals surface area contributed by atoms with E-state index in [-0.39, 0.29) is 24.3 Å². The molecule has 1 rings (SSSR count). The van der Waals surface area contributed by atoms with E-state index in [0.29, 0.717) is 0 Å². The first-order valence-corrected chi connectivity index (χ1v) is 6.88. The highest BCUT2D eigenvalue weighted by Crippen LogP contribution is 2.18. The van der Waals surface area contributed by atoms with Crippen molar-refractivity contribution in [3.63, 3.8) is 0 Å². The maximum Gasteiger partial charge on any atom is 0.303 e. The van der Waals surface area contributed by atoms with Gasteiger partial charge in [0.15, 0.2) is 0 Å². The Kier molecular flexibility index (Phi) is 4.66. The molecule has 0 aliphatic carbocycles. The lowest BCUT2D eigenvalue weighted by Gasteiger charge is -2.19. The summed E-state index contributed by atoms with van der Waals surface area (Å²) in [5.41, 5.74) is 0.213. The third kappa shape index (κ3) is 3.99. The van der Waals surface area contributed by atoms with Gasteiger partial charge in [0, 0.05) is 13.5 Å². The third-order valence-corrected chi connectivity index (χ3v) is 4.23. The number of nitrogens with zero attached hydrogens (tertiary/aromatic N) is 1. The van der Waals surface area contributed by atoms with Crippen LogP contribution in [0.25, 0.3) is 0 Å². The first-order valence-electron chi connectivity index (χ1n) is 5.27. The molecule has 0 aliphatic rings. The van der Waals surface area contributed by atoms with Crippen LogP contribution in [0.15, 0.2) is 24.3 Å². The second kappa shape index (κ2) is 5.81. The molecule has 0 unspecified atom stereocenters. The molecule has 0 aromatic heterocycles. The fourth-order valence-electron chi connectivity index (χ4n) is 1.38. The van der Waals surface area contributed by atoms with E-state index >= 15 is 0 Å². The summed E-state index contributed by atoms with van der Waals surface area (Å²) in [5.74, 6) is -1.86. The largest absolute Gasteiger partial charge is 0.481 e. The molecular formula is C11H14FNO4S. The fraction of sp³-hybridized carbons (Fsp3) is 0.364. The number of hydrogen-bond donors (Lipinski definition) is 1. The number of sulfonamides is 1. The Morgan fingerprint density at radius 1 is 1.44 bits per heavy atom. The van der Waals surface area contributed by atoms with E-state index in [0.717, 1.165) is 10.4 Å². The van der Waals surface area contributed by atoms with Crippen molar-refractivity contribution in [3.8, 4) is 0 Å². The summed E-state index contributed by atoms with van der Waals surface area (Å²) in [7, 11) is -2.31. The number of carboxylic acids is 1. The van der Waals surface area contributed by atoms with Gasteiger partial charge in [-0.1, -0.05) is 6.07 Å². The molecule has 0 saturated heterocycles. The average molecular weight is 275 g/mol. The van der Waals surface area contributed by atoms with E-state index in [9.17, 15) is 17.6 Å². The molecule has 0 saturated carbocycles. The highest BCUT2D eigenvalue weighted by Gasteiger charge is 2.18. The van der Waals surface area contributed by atoms with Gasteiger partial charge in [-0.05, 0) is 24.6 Å². The van der Waals surface area contributed by atoms with Gasteiger partial charge in [-0.15, -0.1) is 0 Å². The smallest absolute Gasteiger partial charge is 0.303 e. The predicted octanol–water partition coefficient (Wildman–Crippen LogP) is 1.46. The summed E-state index contributed by atoms with van der Waals surface area (Å²) >= 11 is 0. The minimum absolute atomic E-state index is 0.0251. The summed E-state index contributed by atoms with van der Waals surface area (Å²) in [4.78, 5) is 10.3. The van der Waals surface area contributed by atoms with Crippen LogP contribution in [0, 0.1) is 5.82 Å². The zero-order valence-electron chi connectivity index (χ0n) is 9.84. The van der Waals surface area contributed by atoms with Crippen molar-refractivity contribution in [2.75, 3.05) is 17.1 Å². The fourth-order valence-corrected chi connectivity index (χ4v) is 2.59. The summed E-state index contributed by atoms with van der Waals surface area (Å²) < 4.78 is 37.6. The molecule has 7 heteroatoms. The summed E-state index contributed by atoms with van der Waals surface area (Å²) in [5, 5.41) is 8.44. The van der Waals surface area contributed by atoms with E-state index in [1.165, 1.54) is 25.2 Å². The number of rotatable bonds is 6. The minimum atomic E-state index is -3.62. The van der Waals surface area contributed by atoms with Crippen molar-refractivity contribution in [2.24, 2.45) is 0 Å². The number of aliphatic carboxylic acids is 1. The van der Waals surface area contributed by atoms with Crippen molar-refractivity contribution < 1.29 is 22.7 Å². The molecule has 0 atom stereocenters. The van der Waals surface area contributed by atoms with Gasteiger partial charge in [-0.3, -0.25) is 9.10 Å². The number of carbonyl (C=O) groups is 1. The number of benzene rings is 1. The molecular weight excluding hydrogens is 261 g/mol. The van der Waals surface area contributed by atoms with Crippen molar-refractivity contribution >= 4 is 21.7 Å². The number of anilines is 1. The lowest BCUT2D eigenvalue weighted by molar-refractivity contribution is -0.137. The maximum absolute atomic E-state index is 13.0. The molecule has 100 valence electrons. The van der Waals surface area contributed by atoms with Gasteiger partial charge in [-0.25, -0.2) is 12.8 Å². The second-order valence-electron chi connectivity index (χ2n) is 3.76. The van der Waals surface area contributed by atoms with Crippen LogP contribution in [-0.4, -0.2) is 32.3 Å². The zero-order chi connectivity index (χ0) is 13.8. The lowest BCUT2D eigenvalue weighted by Crippen LogP contribution is -2.29. The molecule has 0 fully saturated rings. The van der Waals surface area contributed by atoms with Crippen LogP contribution in [0.4, 0.5) is 10.1 Å². The summed E-state index contributed by atoms with van der Waals surface area (Å²) in [6.07, 6.45) is -0.187. The predicted molar refractivity (Wildman–Crippen MR) is 65.5 cm³/mol. The van der Waals surface area contributed by atoms with Crippen LogP contribution in [0.2, 0.25) is 0 Å². The topological polar surface area (TPSA) is 74.7 Å². The van der Waals surface area contributed by atoms with Gasteiger partial charge in [-0.2, -0.15) is 0 Å². The van der Waals surface area contributed by atoms with Crippen LogP contribution >= 0.6 is 0 Å². The number of carboxylic acid groups (broad SMARTS) is 1. The Labute approximate surface area is 105 Å². The molecule has 5 nitrogen and oxygen atoms in total. The van der Waals surface area contributed by atoms with E-state index in [1.807, 2.05) is 0 Å². The van der Waals surface area contributed by atoms with Crippen LogP contribution < -0.4 is 4.31 Å². The van der Waals surface area contributed by atoms with Crippen LogP contribution in [0.3, 0.4) is 0 Å². The monoisotopic (exact) mass is 275 g/mol. The highest BCUT2D eigenvalue weighted by molar-refractivity contribution is 7.92. The lowest BCUT2D eigenvalue weighted by atomic mass is 10.3. The van der Waals surface area contributed by atoms with Gasteiger partial charge >= 0.3 is 5.97 Å². The van der Waals surface area contributed by atoms with Crippen molar-refractivity contribution in [3.05, 3.63) is 30.1 Å². The quantitative estimate of drug-likeness (QED) is 0.852. The molecule has 0 amide bonds. The molecule has 0 spiro atoms. The third-order valence-electron chi connectivity index (χ3n) is 2.38. The van der Waals surface area contributed by atoms with Crippen LogP contribution in [-0.2, 0) is 14.8 Å². The van der Waals surface area contributed by atoms with Crippen molar-refractivity contribution in [2.45, 2.75) is 12.8 Å². The van der Waals surface area contributed by atoms with E-state index < -0.39 is 21.8 Å². The summed E-state index contributed by atoms with van der Waals surface area (Å²) in [6, 6.07) is 5.20. The molecule has 0 bridgehead atoms. The van der Waals surface area contributed by atoms with Crippen LogP contribution in [0.5, 0.6) is 0 Å². The normalized spacial score (nSPS) is 11.2. The van der Waals surface area contributed by atoms with Gasteiger partial charge in [0.2, 0.25) is 10.0 Å². The maximum atomic E-state index is 13.0. The molecule has 1 aromatic carbocycles. The standard InChI is InChI=1S/C11H14FNO4S/c1-13(10-5-2-4-9(12)8-10)18(16,17)7-3-6-11(14)15/h2,4-5,8H,3,6-7H2,1H3,(H,14,15). The summed E-state index contributed by atoms with van der Waals surface area (Å²) in [6.45, 7) is 0. The first kappa shape index (κ1) is 14.4. The Morgan fingerprint density at radius 2 is 2.11 bits per heavy atom. The van der Waals surface area contributed by atoms with Gasteiger partial charge in [0.1, 0.15) is 5.82 Å². The van der Waals surface area contributed by atoms with Crippen LogP contribution in [0.1, 0.15) is 12.8 Å². The Bertz CT molecular complexity index is 530. The molecule has 1 aromatic rings. The van der Waals surface area contributed by atoms with E-state index in [1.54, 1.807) is 0 Å². The number of hydrogen-bond acceptors (Lipinski definition) is 3. The molecule has 1 N–H and O–H groups in total. The Balaban J connectivity index is 2.76. The molecule has 0 radical (unpaired) electrons. The SMILES string of the molecule is CN(c1cccc(F)c1)S(=O)(=O)CCCC(=O)O. The van der Waals surface area contributed by atoms with Crippen molar-refractivity contribution in [1.29, 1.82) is 0 Å². The molecule has 0 heterocycles. The highest BCUT2D eigenvalue weighted by atomic mass is 32.2. The van der Waals surface area contributed by atoms with Gasteiger partial charge in [0.05, 0.1) is 11.4 Å². The molecule has 0 aliphatic heterocycles. The van der Waals surface area contributed by atoms with E-state index in [2.05, 4.69) is 0 Å². The van der Waals surface area contributed by atoms with Gasteiger partial charge in [0.25, 0.3) is 0 Å². The number of halogens is 1. The Hall–Kier alpha value is -1.63. The Morgan fingerprint density at radius 3 is 2.67 bits per heavy atom. The average Bonchev–Trinajstić information content (AvgIpc) is 2.27. The van der Waals surface area contributed by atoms with E-state index in [4.69, 9.17) is 5.11 Å². The van der Waals surface area contributed by atoms with Crippen molar-refractivity contribution in [1.82, 2.24) is 0 Å². The van der Waals surface area contributed by atoms with Gasteiger partial charge < -0.3 is 5.11 Å². The molecule has 18 heavy (non-hydrogen) atoms. The zero-order valence-corrected chi connectivity index (χ0v) is 10.7. The minimum Gasteiger partial charge on any atom is -0.481 e. The second-order valence-corrected chi connectivity index (χ2v) is 5.88.